The van der Waals surface area contributed by atoms with Gasteiger partial charge in [-0.25, -0.2) is 4.79 Å². The molecule has 0 radical (unpaired) electrons. The Morgan fingerprint density at radius 3 is 2.52 bits per heavy atom. The van der Waals surface area contributed by atoms with Crippen LogP contribution < -0.4 is 16.0 Å². The van der Waals surface area contributed by atoms with E-state index in [2.05, 4.69) is 16.0 Å². The maximum atomic E-state index is 12.1. The molecule has 23 heavy (non-hydrogen) atoms. The molecule has 0 spiro atoms. The van der Waals surface area contributed by atoms with Crippen molar-refractivity contribution in [3.63, 3.8) is 0 Å². The van der Waals surface area contributed by atoms with E-state index in [1.807, 2.05) is 31.2 Å². The summed E-state index contributed by atoms with van der Waals surface area (Å²) in [6.45, 7) is 2.84. The van der Waals surface area contributed by atoms with Crippen molar-refractivity contribution in [3.8, 4) is 0 Å². The largest absolute Gasteiger partial charge is 0.465 e. The molecule has 0 aliphatic carbocycles. The van der Waals surface area contributed by atoms with E-state index < -0.39 is 12.1 Å². The van der Waals surface area contributed by atoms with Crippen LogP contribution in [0.4, 0.5) is 4.79 Å². The quantitative estimate of drug-likeness (QED) is 0.383. The molecule has 1 rings (SSSR count). The lowest BCUT2D eigenvalue weighted by Crippen LogP contribution is -2.46. The molecule has 1 atom stereocenters. The van der Waals surface area contributed by atoms with E-state index in [1.165, 1.54) is 0 Å². The number of hydrogen-bond acceptors (Lipinski definition) is 3. The van der Waals surface area contributed by atoms with Crippen LogP contribution in [0.1, 0.15) is 30.4 Å². The number of benzene rings is 1. The average Bonchev–Trinajstić information content (AvgIpc) is 2.52. The first-order valence-electron chi connectivity index (χ1n) is 7.52. The number of rotatable bonds is 10. The third kappa shape index (κ3) is 7.85. The molecular formula is C16H23N3O4. The van der Waals surface area contributed by atoms with Gasteiger partial charge in [0.05, 0.1) is 0 Å². The maximum absolute atomic E-state index is 12.1. The van der Waals surface area contributed by atoms with Gasteiger partial charge in [0.1, 0.15) is 6.04 Å². The zero-order valence-corrected chi connectivity index (χ0v) is 13.2. The van der Waals surface area contributed by atoms with Crippen LogP contribution in [0.2, 0.25) is 0 Å². The highest BCUT2D eigenvalue weighted by atomic mass is 16.4. The summed E-state index contributed by atoms with van der Waals surface area (Å²) in [5, 5.41) is 16.3. The fourth-order valence-electron chi connectivity index (χ4n) is 2.07. The Labute approximate surface area is 135 Å². The number of carbonyl (C=O) groups is 3. The smallest absolute Gasteiger partial charge is 0.405 e. The predicted octanol–water partition coefficient (Wildman–Crippen LogP) is 1.16. The van der Waals surface area contributed by atoms with E-state index in [4.69, 9.17) is 5.11 Å². The molecule has 0 aliphatic heterocycles. The van der Waals surface area contributed by atoms with Crippen molar-refractivity contribution in [2.75, 3.05) is 6.54 Å². The average molecular weight is 321 g/mol. The maximum Gasteiger partial charge on any atom is 0.405 e. The SMILES string of the molecule is Cc1ccc(CNC(=O)C(CCCCNC=O)NC(=O)O)cc1. The minimum atomic E-state index is -1.23. The van der Waals surface area contributed by atoms with E-state index in [-0.39, 0.29) is 5.91 Å². The highest BCUT2D eigenvalue weighted by Crippen LogP contribution is 2.04. The fraction of sp³-hybridized carbons (Fsp3) is 0.438. The Balaban J connectivity index is 2.45. The second-order valence-electron chi connectivity index (χ2n) is 5.27. The molecule has 3 amide bonds. The van der Waals surface area contributed by atoms with Gasteiger partial charge in [-0.15, -0.1) is 0 Å². The summed E-state index contributed by atoms with van der Waals surface area (Å²) in [6, 6.07) is 6.94. The summed E-state index contributed by atoms with van der Waals surface area (Å²) in [5.74, 6) is -0.351. The van der Waals surface area contributed by atoms with Crippen LogP contribution in [0, 0.1) is 6.92 Å². The van der Waals surface area contributed by atoms with Crippen LogP contribution in [0.3, 0.4) is 0 Å². The summed E-state index contributed by atoms with van der Waals surface area (Å²) in [4.78, 5) is 33.1. The molecule has 0 aliphatic rings. The van der Waals surface area contributed by atoms with Crippen molar-refractivity contribution < 1.29 is 19.5 Å². The van der Waals surface area contributed by atoms with E-state index in [0.717, 1.165) is 11.1 Å². The van der Waals surface area contributed by atoms with Crippen molar-refractivity contribution in [1.29, 1.82) is 0 Å². The first kappa shape index (κ1) is 18.5. The number of nitrogens with one attached hydrogen (secondary N) is 3. The van der Waals surface area contributed by atoms with Gasteiger partial charge in [0, 0.05) is 13.1 Å². The molecule has 7 heteroatoms. The third-order valence-electron chi connectivity index (χ3n) is 3.35. The molecule has 0 bridgehead atoms. The standard InChI is InChI=1S/C16H23N3O4/c1-12-5-7-13(8-6-12)10-18-15(21)14(19-16(22)23)4-2-3-9-17-11-20/h5-8,11,14,19H,2-4,9-10H2,1H3,(H,17,20)(H,18,21)(H,22,23). The van der Waals surface area contributed by atoms with E-state index >= 15 is 0 Å². The van der Waals surface area contributed by atoms with Crippen LogP contribution >= 0.6 is 0 Å². The zero-order chi connectivity index (χ0) is 17.1. The van der Waals surface area contributed by atoms with E-state index in [1.54, 1.807) is 0 Å². The number of amides is 3. The van der Waals surface area contributed by atoms with Crippen LogP contribution in [0.15, 0.2) is 24.3 Å². The number of aryl methyl sites for hydroxylation is 1. The van der Waals surface area contributed by atoms with Gasteiger partial charge in [0.2, 0.25) is 12.3 Å². The molecule has 0 aromatic heterocycles. The van der Waals surface area contributed by atoms with E-state index in [0.29, 0.717) is 38.8 Å². The molecule has 0 saturated heterocycles. The minimum Gasteiger partial charge on any atom is -0.465 e. The lowest BCUT2D eigenvalue weighted by Gasteiger charge is -2.16. The molecular weight excluding hydrogens is 298 g/mol. The van der Waals surface area contributed by atoms with Gasteiger partial charge >= 0.3 is 6.09 Å². The summed E-state index contributed by atoms with van der Waals surface area (Å²) < 4.78 is 0. The number of carboxylic acid groups (broad SMARTS) is 1. The van der Waals surface area contributed by atoms with Gasteiger partial charge in [0.15, 0.2) is 0 Å². The summed E-state index contributed by atoms with van der Waals surface area (Å²) in [7, 11) is 0. The van der Waals surface area contributed by atoms with Crippen molar-refractivity contribution in [1.82, 2.24) is 16.0 Å². The molecule has 4 N–H and O–H groups in total. The fourth-order valence-corrected chi connectivity index (χ4v) is 2.07. The van der Waals surface area contributed by atoms with Crippen molar-refractivity contribution in [3.05, 3.63) is 35.4 Å². The molecule has 1 aromatic rings. The Morgan fingerprint density at radius 1 is 1.22 bits per heavy atom. The normalized spacial score (nSPS) is 11.3. The Hall–Kier alpha value is -2.57. The summed E-state index contributed by atoms with van der Waals surface area (Å²) in [6.07, 6.45) is 1.07. The molecule has 1 aromatic carbocycles. The van der Waals surface area contributed by atoms with Gasteiger partial charge in [-0.2, -0.15) is 0 Å². The molecule has 1 unspecified atom stereocenters. The molecule has 126 valence electrons. The topological polar surface area (TPSA) is 108 Å². The summed E-state index contributed by atoms with van der Waals surface area (Å²) in [5.41, 5.74) is 2.09. The second kappa shape index (κ2) is 10.2. The first-order valence-corrected chi connectivity index (χ1v) is 7.52. The van der Waals surface area contributed by atoms with Gasteiger partial charge in [0.25, 0.3) is 0 Å². The number of unbranched alkanes of at least 4 members (excludes halogenated alkanes) is 1. The predicted molar refractivity (Wildman–Crippen MR) is 85.9 cm³/mol. The van der Waals surface area contributed by atoms with Crippen LogP contribution in [-0.4, -0.2) is 36.1 Å². The Kier molecular flexibility index (Phi) is 8.20. The second-order valence-corrected chi connectivity index (χ2v) is 5.27. The highest BCUT2D eigenvalue weighted by molar-refractivity contribution is 5.85. The van der Waals surface area contributed by atoms with Gasteiger partial charge < -0.3 is 21.1 Å². The zero-order valence-electron chi connectivity index (χ0n) is 13.2. The summed E-state index contributed by atoms with van der Waals surface area (Å²) >= 11 is 0. The van der Waals surface area contributed by atoms with E-state index in [9.17, 15) is 14.4 Å². The Morgan fingerprint density at radius 2 is 1.91 bits per heavy atom. The van der Waals surface area contributed by atoms with Gasteiger partial charge in [-0.3, -0.25) is 9.59 Å². The van der Waals surface area contributed by atoms with Gasteiger partial charge in [-0.1, -0.05) is 29.8 Å². The number of carbonyl (C=O) groups excluding carboxylic acids is 2. The lowest BCUT2D eigenvalue weighted by atomic mass is 10.1. The Bertz CT molecular complexity index is 517. The third-order valence-corrected chi connectivity index (χ3v) is 3.35. The minimum absolute atomic E-state index is 0.351. The molecule has 7 nitrogen and oxygen atoms in total. The van der Waals surface area contributed by atoms with Crippen LogP contribution in [0.5, 0.6) is 0 Å². The highest BCUT2D eigenvalue weighted by Gasteiger charge is 2.19. The molecule has 0 fully saturated rings. The molecule has 0 saturated carbocycles. The van der Waals surface area contributed by atoms with Crippen molar-refractivity contribution in [2.24, 2.45) is 0 Å². The van der Waals surface area contributed by atoms with Crippen LogP contribution in [-0.2, 0) is 16.1 Å². The van der Waals surface area contributed by atoms with Crippen LogP contribution in [0.25, 0.3) is 0 Å². The lowest BCUT2D eigenvalue weighted by molar-refractivity contribution is -0.123. The number of hydrogen-bond donors (Lipinski definition) is 4. The first-order chi connectivity index (χ1) is 11.0. The van der Waals surface area contributed by atoms with Gasteiger partial charge in [-0.05, 0) is 31.7 Å². The monoisotopic (exact) mass is 321 g/mol. The van der Waals surface area contributed by atoms with Crippen molar-refractivity contribution >= 4 is 18.4 Å². The molecule has 0 heterocycles. The van der Waals surface area contributed by atoms with Crippen molar-refractivity contribution in [2.45, 2.75) is 38.8 Å².